The number of aryl methyl sites for hydroxylation is 1. The van der Waals surface area contributed by atoms with Gasteiger partial charge in [0.1, 0.15) is 6.04 Å². The van der Waals surface area contributed by atoms with Crippen LogP contribution in [0, 0.1) is 5.92 Å². The van der Waals surface area contributed by atoms with E-state index < -0.39 is 6.04 Å². The number of hydrogen-bond donors (Lipinski definition) is 1. The molecular formula is C33H35ClN2O2. The molecule has 0 bridgehead atoms. The quantitative estimate of drug-likeness (QED) is 0.232. The Morgan fingerprint density at radius 1 is 0.842 bits per heavy atom. The Bertz CT molecular complexity index is 1360. The molecule has 0 fully saturated rings. The molecule has 0 radical (unpaired) electrons. The largest absolute Gasteiger partial charge is 0.354 e. The van der Waals surface area contributed by atoms with Crippen molar-refractivity contribution in [2.75, 3.05) is 6.54 Å². The summed E-state index contributed by atoms with van der Waals surface area (Å²) in [6.45, 7) is 4.98. The molecule has 4 aromatic carbocycles. The summed E-state index contributed by atoms with van der Waals surface area (Å²) in [7, 11) is 0. The monoisotopic (exact) mass is 526 g/mol. The third-order valence-electron chi connectivity index (χ3n) is 6.69. The molecule has 4 aromatic rings. The Labute approximate surface area is 230 Å². The number of nitrogens with zero attached hydrogens (tertiary/aromatic N) is 1. The molecule has 0 aliphatic carbocycles. The maximum absolute atomic E-state index is 13.9. The topological polar surface area (TPSA) is 49.4 Å². The standard InChI is InChI=1S/C33H35ClN2O2/c1-24(2)22-35-33(38)31(21-25-10-4-3-5-11-25)36(23-26-12-8-16-29(34)20-26)32(37)19-18-28-15-9-14-27-13-6-7-17-30(27)28/h3-17,20,24,31H,18-19,21-23H2,1-2H3,(H,35,38). The molecule has 4 nitrogen and oxygen atoms in total. The molecule has 2 amide bonds. The number of carbonyl (C=O) groups excluding carboxylic acids is 2. The molecule has 1 atom stereocenters. The summed E-state index contributed by atoms with van der Waals surface area (Å²) < 4.78 is 0. The Hall–Kier alpha value is -3.63. The van der Waals surface area contributed by atoms with Crippen LogP contribution in [0.2, 0.25) is 5.02 Å². The smallest absolute Gasteiger partial charge is 0.243 e. The van der Waals surface area contributed by atoms with E-state index in [1.54, 1.807) is 4.90 Å². The van der Waals surface area contributed by atoms with Gasteiger partial charge < -0.3 is 10.2 Å². The van der Waals surface area contributed by atoms with Crippen molar-refractivity contribution in [1.29, 1.82) is 0 Å². The summed E-state index contributed by atoms with van der Waals surface area (Å²) in [5, 5.41) is 5.99. The first-order valence-corrected chi connectivity index (χ1v) is 13.6. The lowest BCUT2D eigenvalue weighted by Crippen LogP contribution is -2.51. The van der Waals surface area contributed by atoms with E-state index in [9.17, 15) is 9.59 Å². The fraction of sp³-hybridized carbons (Fsp3) is 0.273. The Kier molecular flexibility index (Phi) is 9.56. The summed E-state index contributed by atoms with van der Waals surface area (Å²) in [5.41, 5.74) is 3.03. The van der Waals surface area contributed by atoms with Crippen LogP contribution in [0.5, 0.6) is 0 Å². The van der Waals surface area contributed by atoms with E-state index in [1.807, 2.05) is 72.8 Å². The minimum absolute atomic E-state index is 0.0569. The average molecular weight is 527 g/mol. The van der Waals surface area contributed by atoms with Gasteiger partial charge in [0.15, 0.2) is 0 Å². The second kappa shape index (κ2) is 13.3. The van der Waals surface area contributed by atoms with E-state index in [0.29, 0.717) is 43.3 Å². The number of fused-ring (bicyclic) bond motifs is 1. The zero-order valence-corrected chi connectivity index (χ0v) is 22.8. The van der Waals surface area contributed by atoms with Crippen LogP contribution >= 0.6 is 11.6 Å². The summed E-state index contributed by atoms with van der Waals surface area (Å²) in [4.78, 5) is 29.2. The molecule has 0 aromatic heterocycles. The van der Waals surface area contributed by atoms with Crippen LogP contribution in [-0.2, 0) is 29.0 Å². The van der Waals surface area contributed by atoms with Crippen LogP contribution in [0.15, 0.2) is 97.1 Å². The lowest BCUT2D eigenvalue weighted by molar-refractivity contribution is -0.141. The van der Waals surface area contributed by atoms with Crippen LogP contribution < -0.4 is 5.32 Å². The van der Waals surface area contributed by atoms with Gasteiger partial charge in [-0.05, 0) is 51.9 Å². The van der Waals surface area contributed by atoms with Gasteiger partial charge in [-0.2, -0.15) is 0 Å². The van der Waals surface area contributed by atoms with Crippen molar-refractivity contribution in [1.82, 2.24) is 10.2 Å². The first-order chi connectivity index (χ1) is 18.4. The number of nitrogens with one attached hydrogen (secondary N) is 1. The van der Waals surface area contributed by atoms with Gasteiger partial charge in [-0.25, -0.2) is 0 Å². The Balaban J connectivity index is 1.64. The van der Waals surface area contributed by atoms with Gasteiger partial charge in [0, 0.05) is 31.0 Å². The van der Waals surface area contributed by atoms with Gasteiger partial charge in [-0.15, -0.1) is 0 Å². The van der Waals surface area contributed by atoms with Crippen LogP contribution in [0.1, 0.15) is 37.0 Å². The van der Waals surface area contributed by atoms with Gasteiger partial charge in [0.25, 0.3) is 0 Å². The zero-order valence-electron chi connectivity index (χ0n) is 22.1. The van der Waals surface area contributed by atoms with E-state index in [4.69, 9.17) is 11.6 Å². The zero-order chi connectivity index (χ0) is 26.9. The normalized spacial score (nSPS) is 11.9. The number of hydrogen-bond acceptors (Lipinski definition) is 2. The molecule has 5 heteroatoms. The lowest BCUT2D eigenvalue weighted by Gasteiger charge is -2.32. The first kappa shape index (κ1) is 27.4. The number of amides is 2. The van der Waals surface area contributed by atoms with E-state index >= 15 is 0 Å². The highest BCUT2D eigenvalue weighted by Gasteiger charge is 2.30. The van der Waals surface area contributed by atoms with Crippen molar-refractivity contribution in [3.63, 3.8) is 0 Å². The molecule has 1 unspecified atom stereocenters. The van der Waals surface area contributed by atoms with E-state index in [2.05, 4.69) is 43.4 Å². The van der Waals surface area contributed by atoms with E-state index in [1.165, 1.54) is 0 Å². The fourth-order valence-corrected chi connectivity index (χ4v) is 4.92. The van der Waals surface area contributed by atoms with Gasteiger partial charge >= 0.3 is 0 Å². The molecule has 0 aliphatic rings. The van der Waals surface area contributed by atoms with Crippen molar-refractivity contribution in [3.8, 4) is 0 Å². The lowest BCUT2D eigenvalue weighted by atomic mass is 9.99. The van der Waals surface area contributed by atoms with Crippen LogP contribution in [-0.4, -0.2) is 29.3 Å². The summed E-state index contributed by atoms with van der Waals surface area (Å²) in [6, 6.07) is 31.1. The predicted molar refractivity (Wildman–Crippen MR) is 156 cm³/mol. The van der Waals surface area contributed by atoms with Gasteiger partial charge in [-0.1, -0.05) is 110 Å². The number of benzene rings is 4. The summed E-state index contributed by atoms with van der Waals surface area (Å²) in [5.74, 6) is 0.112. The first-order valence-electron chi connectivity index (χ1n) is 13.2. The molecule has 196 valence electrons. The Morgan fingerprint density at radius 3 is 2.29 bits per heavy atom. The molecule has 0 saturated carbocycles. The van der Waals surface area contributed by atoms with Crippen molar-refractivity contribution in [2.24, 2.45) is 5.92 Å². The predicted octanol–water partition coefficient (Wildman–Crippen LogP) is 6.84. The number of halogens is 1. The summed E-state index contributed by atoms with van der Waals surface area (Å²) >= 11 is 6.28. The van der Waals surface area contributed by atoms with Crippen molar-refractivity contribution in [3.05, 3.63) is 119 Å². The van der Waals surface area contributed by atoms with Crippen molar-refractivity contribution >= 4 is 34.2 Å². The third-order valence-corrected chi connectivity index (χ3v) is 6.92. The van der Waals surface area contributed by atoms with E-state index in [-0.39, 0.29) is 11.8 Å². The molecule has 0 saturated heterocycles. The minimum Gasteiger partial charge on any atom is -0.354 e. The maximum atomic E-state index is 13.9. The molecular weight excluding hydrogens is 492 g/mol. The SMILES string of the molecule is CC(C)CNC(=O)C(Cc1ccccc1)N(Cc1cccc(Cl)c1)C(=O)CCc1cccc2ccccc12. The molecule has 1 N–H and O–H groups in total. The van der Waals surface area contributed by atoms with Gasteiger partial charge in [0.05, 0.1) is 0 Å². The molecule has 38 heavy (non-hydrogen) atoms. The highest BCUT2D eigenvalue weighted by atomic mass is 35.5. The average Bonchev–Trinajstić information content (AvgIpc) is 2.93. The van der Waals surface area contributed by atoms with E-state index in [0.717, 1.165) is 27.5 Å². The van der Waals surface area contributed by atoms with Crippen molar-refractivity contribution < 1.29 is 9.59 Å². The molecule has 0 heterocycles. The van der Waals surface area contributed by atoms with Gasteiger partial charge in [0.2, 0.25) is 11.8 Å². The molecule has 4 rings (SSSR count). The minimum atomic E-state index is -0.643. The van der Waals surface area contributed by atoms with Crippen molar-refractivity contribution in [2.45, 2.75) is 45.7 Å². The summed E-state index contributed by atoms with van der Waals surface area (Å²) in [6.07, 6.45) is 1.33. The highest BCUT2D eigenvalue weighted by Crippen LogP contribution is 2.22. The maximum Gasteiger partial charge on any atom is 0.243 e. The highest BCUT2D eigenvalue weighted by molar-refractivity contribution is 6.30. The molecule has 0 spiro atoms. The molecule has 0 aliphatic heterocycles. The second-order valence-corrected chi connectivity index (χ2v) is 10.6. The number of rotatable bonds is 11. The number of carbonyl (C=O) groups is 2. The second-order valence-electron chi connectivity index (χ2n) is 10.1. The van der Waals surface area contributed by atoms with Crippen LogP contribution in [0.4, 0.5) is 0 Å². The Morgan fingerprint density at radius 2 is 1.53 bits per heavy atom. The third kappa shape index (κ3) is 7.45. The fourth-order valence-electron chi connectivity index (χ4n) is 4.70. The van der Waals surface area contributed by atoms with Gasteiger partial charge in [-0.3, -0.25) is 9.59 Å². The van der Waals surface area contributed by atoms with Crippen LogP contribution in [0.25, 0.3) is 10.8 Å². The van der Waals surface area contributed by atoms with Crippen LogP contribution in [0.3, 0.4) is 0 Å².